The molecule has 0 unspecified atom stereocenters. The summed E-state index contributed by atoms with van der Waals surface area (Å²) in [5.74, 6) is 0.535. The average Bonchev–Trinajstić information content (AvgIpc) is 2.23. The van der Waals surface area contributed by atoms with E-state index in [2.05, 4.69) is 27.4 Å². The largest absolute Gasteiger partial charge is 0.382 e. The molecule has 14 heavy (non-hydrogen) atoms. The summed E-state index contributed by atoms with van der Waals surface area (Å²) >= 11 is 0. The summed E-state index contributed by atoms with van der Waals surface area (Å²) in [4.78, 5) is 0. The Morgan fingerprint density at radius 2 is 2.21 bits per heavy atom. The zero-order chi connectivity index (χ0) is 10.8. The van der Waals surface area contributed by atoms with Crippen molar-refractivity contribution in [2.24, 2.45) is 5.92 Å². The van der Waals surface area contributed by atoms with Gasteiger partial charge in [0, 0.05) is 7.11 Å². The van der Waals surface area contributed by atoms with E-state index in [1.807, 2.05) is 6.08 Å². The second kappa shape index (κ2) is 4.03. The van der Waals surface area contributed by atoms with Gasteiger partial charge in [-0.05, 0) is 32.6 Å². The van der Waals surface area contributed by atoms with Crippen LogP contribution < -0.4 is 0 Å². The van der Waals surface area contributed by atoms with Crippen molar-refractivity contribution < 1.29 is 9.47 Å². The van der Waals surface area contributed by atoms with E-state index in [0.717, 1.165) is 12.8 Å². The highest BCUT2D eigenvalue weighted by atomic mass is 16.6. The minimum absolute atomic E-state index is 0.0472. The Labute approximate surface area is 87.3 Å². The van der Waals surface area contributed by atoms with Crippen LogP contribution in [0.25, 0.3) is 0 Å². The second-order valence-corrected chi connectivity index (χ2v) is 4.90. The molecule has 0 saturated carbocycles. The first-order chi connectivity index (χ1) is 6.46. The highest BCUT2D eigenvalue weighted by Crippen LogP contribution is 2.44. The van der Waals surface area contributed by atoms with Gasteiger partial charge in [0.25, 0.3) is 0 Å². The lowest BCUT2D eigenvalue weighted by atomic mass is 9.87. The maximum absolute atomic E-state index is 6.13. The molecule has 0 aromatic carbocycles. The lowest BCUT2D eigenvalue weighted by Crippen LogP contribution is -2.37. The number of rotatable bonds is 4. The third-order valence-corrected chi connectivity index (χ3v) is 3.27. The Hall–Kier alpha value is -0.340. The maximum atomic E-state index is 6.13. The molecule has 2 heteroatoms. The van der Waals surface area contributed by atoms with Crippen LogP contribution in [0, 0.1) is 5.92 Å². The Kier molecular flexibility index (Phi) is 3.38. The fourth-order valence-electron chi connectivity index (χ4n) is 2.46. The summed E-state index contributed by atoms with van der Waals surface area (Å²) in [5, 5.41) is 0. The SMILES string of the molecule is C=CC[C@]1(C)C[C@@H](C)[C@](C)(COC)O1. The number of hydrogen-bond acceptors (Lipinski definition) is 2. The molecule has 0 aromatic heterocycles. The van der Waals surface area contributed by atoms with Crippen molar-refractivity contribution in [2.75, 3.05) is 13.7 Å². The molecule has 1 aliphatic rings. The van der Waals surface area contributed by atoms with E-state index >= 15 is 0 Å². The zero-order valence-corrected chi connectivity index (χ0v) is 9.80. The molecule has 0 aromatic rings. The van der Waals surface area contributed by atoms with Crippen LogP contribution in [0.2, 0.25) is 0 Å². The number of hydrogen-bond donors (Lipinski definition) is 0. The van der Waals surface area contributed by atoms with E-state index in [0.29, 0.717) is 12.5 Å². The minimum Gasteiger partial charge on any atom is -0.382 e. The fraction of sp³-hybridized carbons (Fsp3) is 0.833. The molecular weight excluding hydrogens is 176 g/mol. The first-order valence-corrected chi connectivity index (χ1v) is 5.26. The van der Waals surface area contributed by atoms with Crippen molar-refractivity contribution in [1.82, 2.24) is 0 Å². The molecule has 2 nitrogen and oxygen atoms in total. The summed E-state index contributed by atoms with van der Waals surface area (Å²) in [6.07, 6.45) is 3.93. The van der Waals surface area contributed by atoms with Gasteiger partial charge in [-0.25, -0.2) is 0 Å². The third-order valence-electron chi connectivity index (χ3n) is 3.27. The van der Waals surface area contributed by atoms with Gasteiger partial charge in [-0.2, -0.15) is 0 Å². The molecule has 3 atom stereocenters. The van der Waals surface area contributed by atoms with Gasteiger partial charge in [-0.1, -0.05) is 13.0 Å². The van der Waals surface area contributed by atoms with E-state index in [9.17, 15) is 0 Å². The summed E-state index contributed by atoms with van der Waals surface area (Å²) < 4.78 is 11.4. The zero-order valence-electron chi connectivity index (χ0n) is 9.80. The number of ether oxygens (including phenoxy) is 2. The first kappa shape index (κ1) is 11.7. The highest BCUT2D eigenvalue weighted by Gasteiger charge is 2.48. The summed E-state index contributed by atoms with van der Waals surface area (Å²) in [6, 6.07) is 0. The van der Waals surface area contributed by atoms with E-state index in [4.69, 9.17) is 9.47 Å². The molecule has 0 bridgehead atoms. The van der Waals surface area contributed by atoms with Crippen molar-refractivity contribution >= 4 is 0 Å². The van der Waals surface area contributed by atoms with Crippen molar-refractivity contribution in [1.29, 1.82) is 0 Å². The summed E-state index contributed by atoms with van der Waals surface area (Å²) in [7, 11) is 1.73. The first-order valence-electron chi connectivity index (χ1n) is 5.26. The molecule has 1 rings (SSSR count). The van der Waals surface area contributed by atoms with Crippen molar-refractivity contribution in [3.63, 3.8) is 0 Å². The Bertz CT molecular complexity index is 214. The molecule has 1 aliphatic heterocycles. The molecule has 0 spiro atoms. The normalized spacial score (nSPS) is 42.7. The molecule has 1 heterocycles. The molecule has 0 radical (unpaired) electrons. The van der Waals surface area contributed by atoms with Crippen LogP contribution >= 0.6 is 0 Å². The van der Waals surface area contributed by atoms with Crippen LogP contribution in [-0.4, -0.2) is 24.9 Å². The predicted molar refractivity (Wildman–Crippen MR) is 58.4 cm³/mol. The van der Waals surface area contributed by atoms with Crippen LogP contribution in [-0.2, 0) is 9.47 Å². The van der Waals surface area contributed by atoms with Gasteiger partial charge in [0.15, 0.2) is 0 Å². The van der Waals surface area contributed by atoms with Crippen molar-refractivity contribution in [3.05, 3.63) is 12.7 Å². The van der Waals surface area contributed by atoms with Gasteiger partial charge >= 0.3 is 0 Å². The Morgan fingerprint density at radius 1 is 1.57 bits per heavy atom. The maximum Gasteiger partial charge on any atom is 0.0920 e. The fourth-order valence-corrected chi connectivity index (χ4v) is 2.46. The average molecular weight is 198 g/mol. The van der Waals surface area contributed by atoms with Gasteiger partial charge in [0.2, 0.25) is 0 Å². The standard InChI is InChI=1S/C12H22O2/c1-6-7-11(3)8-10(2)12(4,14-11)9-13-5/h6,10H,1,7-9H2,2-5H3/t10-,11-,12+/m1/s1. The van der Waals surface area contributed by atoms with Crippen LogP contribution in [0.3, 0.4) is 0 Å². The molecular formula is C12H22O2. The molecule has 1 fully saturated rings. The van der Waals surface area contributed by atoms with Crippen molar-refractivity contribution in [2.45, 2.75) is 44.8 Å². The topological polar surface area (TPSA) is 18.5 Å². The summed E-state index contributed by atoms with van der Waals surface area (Å²) in [6.45, 7) is 11.0. The molecule has 0 N–H and O–H groups in total. The van der Waals surface area contributed by atoms with E-state index in [1.54, 1.807) is 7.11 Å². The molecule has 82 valence electrons. The monoisotopic (exact) mass is 198 g/mol. The van der Waals surface area contributed by atoms with Crippen molar-refractivity contribution in [3.8, 4) is 0 Å². The van der Waals surface area contributed by atoms with Gasteiger partial charge < -0.3 is 9.47 Å². The lowest BCUT2D eigenvalue weighted by Gasteiger charge is -2.30. The van der Waals surface area contributed by atoms with E-state index < -0.39 is 0 Å². The predicted octanol–water partition coefficient (Wildman–Crippen LogP) is 2.78. The minimum atomic E-state index is -0.132. The third kappa shape index (κ3) is 2.18. The second-order valence-electron chi connectivity index (χ2n) is 4.90. The Morgan fingerprint density at radius 3 is 2.71 bits per heavy atom. The summed E-state index contributed by atoms with van der Waals surface area (Å²) in [5.41, 5.74) is -0.180. The van der Waals surface area contributed by atoms with Gasteiger partial charge in [-0.15, -0.1) is 6.58 Å². The van der Waals surface area contributed by atoms with Crippen LogP contribution in [0.15, 0.2) is 12.7 Å². The highest BCUT2D eigenvalue weighted by molar-refractivity contribution is 4.99. The molecule has 1 saturated heterocycles. The van der Waals surface area contributed by atoms with Gasteiger partial charge in [-0.3, -0.25) is 0 Å². The molecule has 0 amide bonds. The lowest BCUT2D eigenvalue weighted by molar-refractivity contribution is -0.121. The van der Waals surface area contributed by atoms with Crippen LogP contribution in [0.4, 0.5) is 0 Å². The van der Waals surface area contributed by atoms with Crippen LogP contribution in [0.1, 0.15) is 33.6 Å². The molecule has 0 aliphatic carbocycles. The van der Waals surface area contributed by atoms with Crippen LogP contribution in [0.5, 0.6) is 0 Å². The van der Waals surface area contributed by atoms with Gasteiger partial charge in [0.05, 0.1) is 17.8 Å². The quantitative estimate of drug-likeness (QED) is 0.647. The smallest absolute Gasteiger partial charge is 0.0920 e. The van der Waals surface area contributed by atoms with E-state index in [1.165, 1.54) is 0 Å². The number of methoxy groups -OCH3 is 1. The van der Waals surface area contributed by atoms with Gasteiger partial charge in [0.1, 0.15) is 0 Å². The Balaban J connectivity index is 2.71. The van der Waals surface area contributed by atoms with E-state index in [-0.39, 0.29) is 11.2 Å².